The van der Waals surface area contributed by atoms with Crippen LogP contribution in [0.15, 0.2) is 21.7 Å². The number of hydrazone groups is 1. The molecule has 122 valence electrons. The van der Waals surface area contributed by atoms with Gasteiger partial charge in [0.15, 0.2) is 16.6 Å². The van der Waals surface area contributed by atoms with Crippen molar-refractivity contribution < 1.29 is 9.47 Å². The summed E-state index contributed by atoms with van der Waals surface area (Å²) in [6, 6.07) is 3.78. The van der Waals surface area contributed by atoms with Crippen molar-refractivity contribution in [3.63, 3.8) is 0 Å². The normalized spacial score (nSPS) is 12.0. The summed E-state index contributed by atoms with van der Waals surface area (Å²) in [5.41, 5.74) is 3.61. The molecule has 7 heteroatoms. The first kappa shape index (κ1) is 18.7. The molecule has 1 aromatic rings. The lowest BCUT2D eigenvalue weighted by atomic mass is 10.2. The lowest BCUT2D eigenvalue weighted by Crippen LogP contribution is -2.31. The average molecular weight is 388 g/mol. The van der Waals surface area contributed by atoms with Crippen LogP contribution < -0.4 is 20.2 Å². The summed E-state index contributed by atoms with van der Waals surface area (Å²) in [6.45, 7) is 6.82. The Balaban J connectivity index is 2.88. The molecule has 0 fully saturated rings. The highest BCUT2D eigenvalue weighted by molar-refractivity contribution is 9.10. The fourth-order valence-electron chi connectivity index (χ4n) is 1.58. The Morgan fingerprint density at radius 3 is 2.77 bits per heavy atom. The van der Waals surface area contributed by atoms with Crippen LogP contribution >= 0.6 is 28.1 Å². The number of hydrogen-bond acceptors (Lipinski definition) is 4. The van der Waals surface area contributed by atoms with Crippen molar-refractivity contribution in [3.8, 4) is 11.5 Å². The quantitative estimate of drug-likeness (QED) is 0.426. The van der Waals surface area contributed by atoms with Gasteiger partial charge < -0.3 is 14.8 Å². The van der Waals surface area contributed by atoms with Gasteiger partial charge in [-0.05, 0) is 66.1 Å². The van der Waals surface area contributed by atoms with E-state index in [1.54, 1.807) is 13.3 Å². The van der Waals surface area contributed by atoms with Gasteiger partial charge in [0.1, 0.15) is 0 Å². The smallest absolute Gasteiger partial charge is 0.186 e. The van der Waals surface area contributed by atoms with E-state index in [0.29, 0.717) is 16.6 Å². The minimum Gasteiger partial charge on any atom is -0.493 e. The highest BCUT2D eigenvalue weighted by Gasteiger charge is 2.13. The van der Waals surface area contributed by atoms with Crippen LogP contribution in [0.2, 0.25) is 0 Å². The third-order valence-electron chi connectivity index (χ3n) is 2.86. The highest BCUT2D eigenvalue weighted by Crippen LogP contribution is 2.37. The van der Waals surface area contributed by atoms with Crippen LogP contribution in [0, 0.1) is 0 Å². The molecule has 0 radical (unpaired) electrons. The monoisotopic (exact) mass is 387 g/mol. The molecule has 0 aromatic heterocycles. The molecule has 0 saturated carbocycles. The van der Waals surface area contributed by atoms with Gasteiger partial charge in [-0.25, -0.2) is 0 Å². The SMILES string of the molecule is CCNC(=S)N/N=C\c1cc(Br)c(O[C@H](C)CC)c(OC)c1. The summed E-state index contributed by atoms with van der Waals surface area (Å²) in [6.07, 6.45) is 2.71. The van der Waals surface area contributed by atoms with Crippen molar-refractivity contribution in [2.45, 2.75) is 33.3 Å². The second-order valence-electron chi connectivity index (χ2n) is 4.60. The third kappa shape index (κ3) is 5.81. The van der Waals surface area contributed by atoms with Crippen LogP contribution in [-0.2, 0) is 0 Å². The number of thiocarbonyl (C=S) groups is 1. The van der Waals surface area contributed by atoms with Gasteiger partial charge in [-0.1, -0.05) is 6.92 Å². The molecule has 22 heavy (non-hydrogen) atoms. The minimum atomic E-state index is 0.115. The summed E-state index contributed by atoms with van der Waals surface area (Å²) >= 11 is 8.55. The Hall–Kier alpha value is -1.34. The maximum atomic E-state index is 5.88. The molecule has 0 bridgehead atoms. The lowest BCUT2D eigenvalue weighted by molar-refractivity contribution is 0.206. The number of nitrogens with one attached hydrogen (secondary N) is 2. The van der Waals surface area contributed by atoms with Crippen LogP contribution in [0.25, 0.3) is 0 Å². The predicted octanol–water partition coefficient (Wildman–Crippen LogP) is 3.45. The fraction of sp³-hybridized carbons (Fsp3) is 0.467. The van der Waals surface area contributed by atoms with Gasteiger partial charge in [0, 0.05) is 6.54 Å². The van der Waals surface area contributed by atoms with E-state index in [4.69, 9.17) is 21.7 Å². The van der Waals surface area contributed by atoms with E-state index in [1.165, 1.54) is 0 Å². The van der Waals surface area contributed by atoms with Gasteiger partial charge in [-0.3, -0.25) is 5.43 Å². The van der Waals surface area contributed by atoms with Gasteiger partial charge in [-0.15, -0.1) is 0 Å². The van der Waals surface area contributed by atoms with Crippen LogP contribution in [-0.4, -0.2) is 31.1 Å². The summed E-state index contributed by atoms with van der Waals surface area (Å²) in [5, 5.41) is 7.53. The Kier molecular flexibility index (Phi) is 8.19. The largest absolute Gasteiger partial charge is 0.493 e. The topological polar surface area (TPSA) is 54.9 Å². The fourth-order valence-corrected chi connectivity index (χ4v) is 2.33. The van der Waals surface area contributed by atoms with Gasteiger partial charge in [0.2, 0.25) is 0 Å². The lowest BCUT2D eigenvalue weighted by Gasteiger charge is -2.17. The Morgan fingerprint density at radius 1 is 1.45 bits per heavy atom. The Bertz CT molecular complexity index is 538. The molecule has 0 aliphatic heterocycles. The second kappa shape index (κ2) is 9.63. The van der Waals surface area contributed by atoms with Crippen LogP contribution in [0.5, 0.6) is 11.5 Å². The number of methoxy groups -OCH3 is 1. The zero-order valence-electron chi connectivity index (χ0n) is 13.3. The highest BCUT2D eigenvalue weighted by atomic mass is 79.9. The molecule has 1 aromatic carbocycles. The number of ether oxygens (including phenoxy) is 2. The molecule has 0 aliphatic carbocycles. The molecule has 0 unspecified atom stereocenters. The molecule has 5 nitrogen and oxygen atoms in total. The van der Waals surface area contributed by atoms with E-state index in [0.717, 1.165) is 23.0 Å². The Morgan fingerprint density at radius 2 is 2.18 bits per heavy atom. The van der Waals surface area contributed by atoms with Crippen LogP contribution in [0.4, 0.5) is 0 Å². The van der Waals surface area contributed by atoms with E-state index >= 15 is 0 Å². The molecule has 1 atom stereocenters. The Labute approximate surface area is 145 Å². The van der Waals surface area contributed by atoms with Crippen molar-refractivity contribution in [3.05, 3.63) is 22.2 Å². The summed E-state index contributed by atoms with van der Waals surface area (Å²) in [7, 11) is 1.62. The molecule has 1 rings (SSSR count). The van der Waals surface area contributed by atoms with Crippen molar-refractivity contribution in [2.24, 2.45) is 5.10 Å². The van der Waals surface area contributed by atoms with Gasteiger partial charge in [0.25, 0.3) is 0 Å². The molecule has 0 aliphatic rings. The molecular weight excluding hydrogens is 366 g/mol. The van der Waals surface area contributed by atoms with E-state index in [1.807, 2.05) is 26.0 Å². The second-order valence-corrected chi connectivity index (χ2v) is 5.86. The maximum absolute atomic E-state index is 5.88. The van der Waals surface area contributed by atoms with Crippen LogP contribution in [0.3, 0.4) is 0 Å². The molecule has 2 N–H and O–H groups in total. The predicted molar refractivity (Wildman–Crippen MR) is 98.1 cm³/mol. The van der Waals surface area contributed by atoms with E-state index in [2.05, 4.69) is 38.7 Å². The number of rotatable bonds is 7. The van der Waals surface area contributed by atoms with Crippen molar-refractivity contribution in [2.75, 3.05) is 13.7 Å². The van der Waals surface area contributed by atoms with E-state index in [-0.39, 0.29) is 6.10 Å². The van der Waals surface area contributed by atoms with Gasteiger partial charge >= 0.3 is 0 Å². The van der Waals surface area contributed by atoms with Crippen molar-refractivity contribution in [1.82, 2.24) is 10.7 Å². The van der Waals surface area contributed by atoms with Crippen LogP contribution in [0.1, 0.15) is 32.8 Å². The minimum absolute atomic E-state index is 0.115. The summed E-state index contributed by atoms with van der Waals surface area (Å²) in [5.74, 6) is 1.36. The average Bonchev–Trinajstić information content (AvgIpc) is 2.49. The number of benzene rings is 1. The molecular formula is C15H22BrN3O2S. The zero-order chi connectivity index (χ0) is 16.5. The summed E-state index contributed by atoms with van der Waals surface area (Å²) in [4.78, 5) is 0. The number of hydrogen-bond donors (Lipinski definition) is 2. The molecule has 0 heterocycles. The van der Waals surface area contributed by atoms with Gasteiger partial charge in [-0.2, -0.15) is 5.10 Å². The van der Waals surface area contributed by atoms with E-state index < -0.39 is 0 Å². The molecule has 0 saturated heterocycles. The van der Waals surface area contributed by atoms with Gasteiger partial charge in [0.05, 0.1) is 23.9 Å². The molecule has 0 spiro atoms. The zero-order valence-corrected chi connectivity index (χ0v) is 15.7. The number of halogens is 1. The third-order valence-corrected chi connectivity index (χ3v) is 3.69. The first-order valence-corrected chi connectivity index (χ1v) is 8.33. The molecule has 0 amide bonds. The maximum Gasteiger partial charge on any atom is 0.186 e. The standard InChI is InChI=1S/C15H22BrN3O2S/c1-5-10(3)21-14-12(16)7-11(8-13(14)20-4)9-18-19-15(22)17-6-2/h7-10H,5-6H2,1-4H3,(H2,17,19,22)/b18-9-/t10-/m1/s1. The number of nitrogens with zero attached hydrogens (tertiary/aromatic N) is 1. The summed E-state index contributed by atoms with van der Waals surface area (Å²) < 4.78 is 12.1. The van der Waals surface area contributed by atoms with Crippen molar-refractivity contribution >= 4 is 39.5 Å². The van der Waals surface area contributed by atoms with E-state index in [9.17, 15) is 0 Å². The first-order chi connectivity index (χ1) is 10.5. The van der Waals surface area contributed by atoms with Crippen molar-refractivity contribution in [1.29, 1.82) is 0 Å². The first-order valence-electron chi connectivity index (χ1n) is 7.12.